The standard InChI is InChI=1S/C26H44N4O2.HI/c1-4-27-25(29-20-26(14-15-31)12-8-5-9-13-26)28-16-23-10-6-7-11-24(23)19-30-17-21(2)32-22(3)18-30;/h6-7,10-11,21-22,31H,4-5,8-9,12-20H2,1-3H3,(H2,27,28,29);1H. The summed E-state index contributed by atoms with van der Waals surface area (Å²) in [5.74, 6) is 0.874. The monoisotopic (exact) mass is 572 g/mol. The van der Waals surface area contributed by atoms with Gasteiger partial charge in [0.15, 0.2) is 5.96 Å². The molecule has 7 heteroatoms. The van der Waals surface area contributed by atoms with Crippen LogP contribution in [0.15, 0.2) is 29.3 Å². The van der Waals surface area contributed by atoms with Crippen LogP contribution in [-0.2, 0) is 17.8 Å². The maximum Gasteiger partial charge on any atom is 0.191 e. The Labute approximate surface area is 218 Å². The first-order valence-electron chi connectivity index (χ1n) is 12.6. The number of ether oxygens (including phenoxy) is 1. The van der Waals surface area contributed by atoms with Gasteiger partial charge in [-0.1, -0.05) is 43.5 Å². The van der Waals surface area contributed by atoms with E-state index in [9.17, 15) is 5.11 Å². The lowest BCUT2D eigenvalue weighted by atomic mass is 9.72. The molecule has 188 valence electrons. The van der Waals surface area contributed by atoms with Crippen LogP contribution < -0.4 is 10.6 Å². The predicted octanol–water partition coefficient (Wildman–Crippen LogP) is 4.30. The second kappa shape index (κ2) is 14.5. The average Bonchev–Trinajstić information content (AvgIpc) is 2.77. The summed E-state index contributed by atoms with van der Waals surface area (Å²) < 4.78 is 5.90. The molecule has 1 aromatic rings. The molecule has 1 aromatic carbocycles. The van der Waals surface area contributed by atoms with E-state index in [1.807, 2.05) is 0 Å². The van der Waals surface area contributed by atoms with Crippen molar-refractivity contribution in [3.63, 3.8) is 0 Å². The molecular weight excluding hydrogens is 527 g/mol. The Bertz CT molecular complexity index is 708. The van der Waals surface area contributed by atoms with E-state index in [-0.39, 0.29) is 48.2 Å². The Balaban J connectivity index is 0.00000385. The second-order valence-corrected chi connectivity index (χ2v) is 9.80. The Kier molecular flexibility index (Phi) is 12.4. The number of nitrogens with one attached hydrogen (secondary N) is 2. The van der Waals surface area contributed by atoms with Crippen LogP contribution in [0.1, 0.15) is 70.4 Å². The van der Waals surface area contributed by atoms with Crippen LogP contribution in [0.5, 0.6) is 0 Å². The molecule has 1 saturated carbocycles. The van der Waals surface area contributed by atoms with Gasteiger partial charge in [-0.15, -0.1) is 24.0 Å². The fraction of sp³-hybridized carbons (Fsp3) is 0.731. The van der Waals surface area contributed by atoms with E-state index in [0.29, 0.717) is 6.54 Å². The predicted molar refractivity (Wildman–Crippen MR) is 147 cm³/mol. The van der Waals surface area contributed by atoms with E-state index in [0.717, 1.165) is 45.1 Å². The van der Waals surface area contributed by atoms with Gasteiger partial charge in [0.2, 0.25) is 0 Å². The summed E-state index contributed by atoms with van der Waals surface area (Å²) in [5.41, 5.74) is 2.82. The lowest BCUT2D eigenvalue weighted by molar-refractivity contribution is -0.0705. The topological polar surface area (TPSA) is 69.1 Å². The number of aliphatic hydroxyl groups excluding tert-OH is 1. The van der Waals surface area contributed by atoms with Gasteiger partial charge < -0.3 is 20.5 Å². The third kappa shape index (κ3) is 9.00. The molecule has 2 unspecified atom stereocenters. The number of hydrogen-bond acceptors (Lipinski definition) is 4. The highest BCUT2D eigenvalue weighted by Gasteiger charge is 2.31. The lowest BCUT2D eigenvalue weighted by Gasteiger charge is -2.37. The summed E-state index contributed by atoms with van der Waals surface area (Å²) in [6, 6.07) is 8.66. The molecular formula is C26H45IN4O2. The molecule has 3 N–H and O–H groups in total. The fourth-order valence-electron chi connectivity index (χ4n) is 5.35. The average molecular weight is 573 g/mol. The molecule has 0 radical (unpaired) electrons. The Hall–Kier alpha value is -0.900. The van der Waals surface area contributed by atoms with Gasteiger partial charge >= 0.3 is 0 Å². The summed E-state index contributed by atoms with van der Waals surface area (Å²) in [5, 5.41) is 16.6. The summed E-state index contributed by atoms with van der Waals surface area (Å²) in [7, 11) is 0. The number of nitrogens with zero attached hydrogens (tertiary/aromatic N) is 2. The van der Waals surface area contributed by atoms with E-state index in [1.54, 1.807) is 0 Å². The smallest absolute Gasteiger partial charge is 0.191 e. The first-order chi connectivity index (χ1) is 15.5. The molecule has 2 atom stereocenters. The number of hydrogen-bond donors (Lipinski definition) is 3. The summed E-state index contributed by atoms with van der Waals surface area (Å²) in [4.78, 5) is 7.42. The molecule has 1 saturated heterocycles. The van der Waals surface area contributed by atoms with E-state index < -0.39 is 0 Å². The van der Waals surface area contributed by atoms with Crippen molar-refractivity contribution in [1.29, 1.82) is 0 Å². The van der Waals surface area contributed by atoms with Gasteiger partial charge in [-0.25, -0.2) is 4.99 Å². The van der Waals surface area contributed by atoms with E-state index >= 15 is 0 Å². The second-order valence-electron chi connectivity index (χ2n) is 9.80. The largest absolute Gasteiger partial charge is 0.396 e. The molecule has 2 aliphatic rings. The molecule has 0 aromatic heterocycles. The zero-order valence-corrected chi connectivity index (χ0v) is 23.1. The molecule has 1 aliphatic heterocycles. The molecule has 0 spiro atoms. The first kappa shape index (κ1) is 28.3. The maximum absolute atomic E-state index is 9.62. The van der Waals surface area contributed by atoms with Crippen molar-refractivity contribution in [1.82, 2.24) is 15.5 Å². The highest BCUT2D eigenvalue weighted by molar-refractivity contribution is 14.0. The number of halogens is 1. The van der Waals surface area contributed by atoms with Crippen LogP contribution in [0.2, 0.25) is 0 Å². The number of benzene rings is 1. The quantitative estimate of drug-likeness (QED) is 0.234. The normalized spacial score (nSPS) is 23.6. The Morgan fingerprint density at radius 2 is 1.76 bits per heavy atom. The highest BCUT2D eigenvalue weighted by atomic mass is 127. The van der Waals surface area contributed by atoms with Crippen molar-refractivity contribution in [2.75, 3.05) is 32.8 Å². The first-order valence-corrected chi connectivity index (χ1v) is 12.6. The Morgan fingerprint density at radius 3 is 2.39 bits per heavy atom. The van der Waals surface area contributed by atoms with Gasteiger partial charge in [0, 0.05) is 39.3 Å². The molecule has 3 rings (SSSR count). The molecule has 6 nitrogen and oxygen atoms in total. The summed E-state index contributed by atoms with van der Waals surface area (Å²) in [6.07, 6.45) is 7.66. The van der Waals surface area contributed by atoms with Crippen molar-refractivity contribution in [2.24, 2.45) is 10.4 Å². The minimum atomic E-state index is 0. The third-order valence-electron chi connectivity index (χ3n) is 6.95. The van der Waals surface area contributed by atoms with Crippen molar-refractivity contribution >= 4 is 29.9 Å². The van der Waals surface area contributed by atoms with Crippen molar-refractivity contribution in [3.8, 4) is 0 Å². The minimum Gasteiger partial charge on any atom is -0.396 e. The van der Waals surface area contributed by atoms with Gasteiger partial charge in [-0.2, -0.15) is 0 Å². The summed E-state index contributed by atoms with van der Waals surface area (Å²) >= 11 is 0. The molecule has 1 heterocycles. The molecule has 1 aliphatic carbocycles. The lowest BCUT2D eigenvalue weighted by Crippen LogP contribution is -2.45. The number of morpholine rings is 1. The van der Waals surface area contributed by atoms with Crippen molar-refractivity contribution < 1.29 is 9.84 Å². The molecule has 0 bridgehead atoms. The number of guanidine groups is 1. The van der Waals surface area contributed by atoms with Gasteiger partial charge in [-0.3, -0.25) is 4.90 Å². The Morgan fingerprint density at radius 1 is 1.09 bits per heavy atom. The molecule has 0 amide bonds. The highest BCUT2D eigenvalue weighted by Crippen LogP contribution is 2.38. The van der Waals surface area contributed by atoms with Crippen LogP contribution in [0.25, 0.3) is 0 Å². The van der Waals surface area contributed by atoms with Crippen LogP contribution in [-0.4, -0.2) is 61.0 Å². The minimum absolute atomic E-state index is 0. The van der Waals surface area contributed by atoms with E-state index in [2.05, 4.69) is 60.6 Å². The maximum atomic E-state index is 9.62. The molecule has 2 fully saturated rings. The van der Waals surface area contributed by atoms with Gasteiger partial charge in [0.25, 0.3) is 0 Å². The van der Waals surface area contributed by atoms with Gasteiger partial charge in [0.1, 0.15) is 0 Å². The van der Waals surface area contributed by atoms with Crippen LogP contribution in [0.4, 0.5) is 0 Å². The zero-order valence-electron chi connectivity index (χ0n) is 20.8. The number of aliphatic imine (C=N–C) groups is 1. The fourth-order valence-corrected chi connectivity index (χ4v) is 5.35. The van der Waals surface area contributed by atoms with Crippen molar-refractivity contribution in [2.45, 2.75) is 84.6 Å². The SMILES string of the molecule is CCNC(=NCc1ccccc1CN1CC(C)OC(C)C1)NCC1(CCO)CCCCC1.I. The van der Waals surface area contributed by atoms with Crippen molar-refractivity contribution in [3.05, 3.63) is 35.4 Å². The van der Waals surface area contributed by atoms with E-state index in [4.69, 9.17) is 9.73 Å². The van der Waals surface area contributed by atoms with Crippen LogP contribution in [0, 0.1) is 5.41 Å². The number of rotatable bonds is 9. The van der Waals surface area contributed by atoms with Gasteiger partial charge in [0.05, 0.1) is 18.8 Å². The van der Waals surface area contributed by atoms with Crippen LogP contribution >= 0.6 is 24.0 Å². The van der Waals surface area contributed by atoms with Crippen LogP contribution in [0.3, 0.4) is 0 Å². The van der Waals surface area contributed by atoms with E-state index in [1.165, 1.54) is 43.2 Å². The third-order valence-corrected chi connectivity index (χ3v) is 6.95. The summed E-state index contributed by atoms with van der Waals surface area (Å²) in [6.45, 7) is 11.9. The molecule has 33 heavy (non-hydrogen) atoms. The number of aliphatic hydroxyl groups is 1. The van der Waals surface area contributed by atoms with Gasteiger partial charge in [-0.05, 0) is 56.6 Å². The zero-order chi connectivity index (χ0) is 22.8.